The molecule has 0 amide bonds. The van der Waals surface area contributed by atoms with E-state index in [1.165, 1.54) is 29.1 Å². The Bertz CT molecular complexity index is 1710. The van der Waals surface area contributed by atoms with Crippen molar-refractivity contribution in [2.45, 2.75) is 16.5 Å². The van der Waals surface area contributed by atoms with E-state index >= 15 is 0 Å². The van der Waals surface area contributed by atoms with E-state index in [1.807, 2.05) is 0 Å². The van der Waals surface area contributed by atoms with Crippen molar-refractivity contribution in [3.63, 3.8) is 0 Å². The highest BCUT2D eigenvalue weighted by atomic mass is 35.5. The van der Waals surface area contributed by atoms with Gasteiger partial charge in [0.1, 0.15) is 6.07 Å². The summed E-state index contributed by atoms with van der Waals surface area (Å²) in [7, 11) is -0.785. The lowest BCUT2D eigenvalue weighted by molar-refractivity contribution is 0.0357. The predicted octanol–water partition coefficient (Wildman–Crippen LogP) is 4.18. The Morgan fingerprint density at radius 1 is 1.17 bits per heavy atom. The normalized spacial score (nSPS) is 14.1. The van der Waals surface area contributed by atoms with E-state index in [2.05, 4.69) is 26.3 Å². The summed E-state index contributed by atoms with van der Waals surface area (Å²) in [6, 6.07) is 10.2. The van der Waals surface area contributed by atoms with E-state index in [0.29, 0.717) is 45.9 Å². The van der Waals surface area contributed by atoms with Crippen LogP contribution in [-0.2, 0) is 21.6 Å². The van der Waals surface area contributed by atoms with Crippen LogP contribution < -0.4 is 14.8 Å². The summed E-state index contributed by atoms with van der Waals surface area (Å²) in [5.41, 5.74) is 1.85. The zero-order valence-corrected chi connectivity index (χ0v) is 24.2. The molecule has 11 nitrogen and oxygen atoms in total. The van der Waals surface area contributed by atoms with Gasteiger partial charge in [0.2, 0.25) is 15.0 Å². The number of halogens is 1. The van der Waals surface area contributed by atoms with Gasteiger partial charge in [0, 0.05) is 62.4 Å². The molecule has 13 heteroatoms. The topological polar surface area (TPSA) is 132 Å². The maximum absolute atomic E-state index is 13.1. The number of hydrogen-bond donors (Lipinski definition) is 1. The van der Waals surface area contributed by atoms with Crippen LogP contribution in [0.3, 0.4) is 0 Å². The quantitative estimate of drug-likeness (QED) is 0.266. The number of nitrogens with zero attached hydrogens (tertiary/aromatic N) is 5. The van der Waals surface area contributed by atoms with Crippen LogP contribution in [0.5, 0.6) is 11.5 Å². The second-order valence-electron chi connectivity index (χ2n) is 9.43. The fourth-order valence-corrected chi connectivity index (χ4v) is 6.52. The number of nitrogens with one attached hydrogen (secondary N) is 1. The molecule has 0 unspecified atom stereocenters. The molecule has 1 N–H and O–H groups in total. The van der Waals surface area contributed by atoms with E-state index in [9.17, 15) is 13.7 Å². The summed E-state index contributed by atoms with van der Waals surface area (Å²) >= 11 is 6.44. The molecule has 4 aromatic rings. The van der Waals surface area contributed by atoms with Crippen LogP contribution in [0.15, 0.2) is 59.0 Å². The zero-order valence-electron chi connectivity index (χ0n) is 22.6. The summed E-state index contributed by atoms with van der Waals surface area (Å²) < 4.78 is 44.6. The van der Waals surface area contributed by atoms with Crippen molar-refractivity contribution < 1.29 is 22.6 Å². The summed E-state index contributed by atoms with van der Waals surface area (Å²) in [5.74, 6) is 1.05. The fraction of sp³-hybridized carbons (Fsp3) is 0.321. The number of morpholine rings is 1. The summed E-state index contributed by atoms with van der Waals surface area (Å²) in [5, 5.41) is 13.6. The van der Waals surface area contributed by atoms with Crippen LogP contribution in [0.2, 0.25) is 5.02 Å². The molecule has 0 radical (unpaired) electrons. The smallest absolute Gasteiger partial charge is 0.241 e. The SMILES string of the molecule is COc1cc2c(Nc3ccc(S(=O)(=O)c4nccn4C)c(Cl)c3)c(C#N)cnc2cc1OCCCN1CCOCC1. The van der Waals surface area contributed by atoms with Crippen LogP contribution >= 0.6 is 11.6 Å². The molecule has 2 aromatic heterocycles. The van der Waals surface area contributed by atoms with E-state index in [1.54, 1.807) is 38.6 Å². The van der Waals surface area contributed by atoms with Crippen molar-refractivity contribution in [3.05, 3.63) is 59.5 Å². The molecule has 1 fully saturated rings. The van der Waals surface area contributed by atoms with Gasteiger partial charge >= 0.3 is 0 Å². The van der Waals surface area contributed by atoms with Gasteiger partial charge in [0.25, 0.3) is 0 Å². The second-order valence-corrected chi connectivity index (χ2v) is 11.6. The summed E-state index contributed by atoms with van der Waals surface area (Å²) in [6.07, 6.45) is 5.28. The third kappa shape index (κ3) is 6.08. The number of aryl methyl sites for hydroxylation is 1. The van der Waals surface area contributed by atoms with Crippen molar-refractivity contribution in [2.24, 2.45) is 7.05 Å². The Morgan fingerprint density at radius 2 is 1.98 bits per heavy atom. The molecular weight excluding hydrogens is 568 g/mol. The Hall–Kier alpha value is -3.89. The third-order valence-electron chi connectivity index (χ3n) is 6.76. The first-order chi connectivity index (χ1) is 19.8. The van der Waals surface area contributed by atoms with Crippen LogP contribution in [0, 0.1) is 11.3 Å². The number of ether oxygens (including phenoxy) is 3. The van der Waals surface area contributed by atoms with Crippen LogP contribution in [0.1, 0.15) is 12.0 Å². The minimum atomic E-state index is -3.93. The van der Waals surface area contributed by atoms with Crippen molar-refractivity contribution in [3.8, 4) is 17.6 Å². The number of aromatic nitrogens is 3. The molecule has 5 rings (SSSR count). The number of sulfone groups is 1. The van der Waals surface area contributed by atoms with Crippen molar-refractivity contribution in [1.29, 1.82) is 5.26 Å². The molecule has 0 bridgehead atoms. The zero-order chi connectivity index (χ0) is 29.0. The van der Waals surface area contributed by atoms with Gasteiger partial charge in [-0.2, -0.15) is 5.26 Å². The highest BCUT2D eigenvalue weighted by molar-refractivity contribution is 7.91. The number of pyridine rings is 1. The van der Waals surface area contributed by atoms with Gasteiger partial charge in [-0.25, -0.2) is 13.4 Å². The van der Waals surface area contributed by atoms with E-state index in [0.717, 1.165) is 39.3 Å². The molecule has 0 saturated carbocycles. The minimum Gasteiger partial charge on any atom is -0.493 e. The number of methoxy groups -OCH3 is 1. The Morgan fingerprint density at radius 3 is 2.66 bits per heavy atom. The molecule has 3 heterocycles. The molecule has 1 aliphatic heterocycles. The van der Waals surface area contributed by atoms with Crippen molar-refractivity contribution in [1.82, 2.24) is 19.4 Å². The van der Waals surface area contributed by atoms with Crippen molar-refractivity contribution in [2.75, 3.05) is 51.9 Å². The Kier molecular flexibility index (Phi) is 8.60. The second kappa shape index (κ2) is 12.3. The average Bonchev–Trinajstić information content (AvgIpc) is 3.42. The molecule has 0 aliphatic carbocycles. The lowest BCUT2D eigenvalue weighted by Crippen LogP contribution is -2.37. The van der Waals surface area contributed by atoms with Gasteiger partial charge in [-0.15, -0.1) is 0 Å². The molecule has 2 aromatic carbocycles. The molecule has 41 heavy (non-hydrogen) atoms. The Balaban J connectivity index is 1.40. The molecule has 0 atom stereocenters. The van der Waals surface area contributed by atoms with Gasteiger partial charge in [0.15, 0.2) is 11.5 Å². The summed E-state index contributed by atoms with van der Waals surface area (Å²) in [4.78, 5) is 10.7. The number of hydrogen-bond acceptors (Lipinski definition) is 10. The highest BCUT2D eigenvalue weighted by Crippen LogP contribution is 2.38. The molecule has 1 aliphatic rings. The number of rotatable bonds is 10. The summed E-state index contributed by atoms with van der Waals surface area (Å²) in [6.45, 7) is 4.79. The first kappa shape index (κ1) is 28.6. The standard InChI is InChI=1S/C28H29ClN6O5S/c1-34-8-6-31-28(34)41(36,37)26-5-4-20(14-22(26)29)33-27-19(17-30)18-32-23-16-25(24(38-2)15-21(23)27)40-11-3-7-35-9-12-39-13-10-35/h4-6,8,14-16,18H,3,7,9-13H2,1-2H3,(H,32,33). The van der Waals surface area contributed by atoms with Gasteiger partial charge in [-0.05, 0) is 30.7 Å². The fourth-order valence-electron chi connectivity index (χ4n) is 4.64. The third-order valence-corrected chi connectivity index (χ3v) is 9.00. The van der Waals surface area contributed by atoms with Crippen molar-refractivity contribution >= 4 is 43.7 Å². The first-order valence-electron chi connectivity index (χ1n) is 12.9. The lowest BCUT2D eigenvalue weighted by Gasteiger charge is -2.26. The first-order valence-corrected chi connectivity index (χ1v) is 14.8. The van der Waals surface area contributed by atoms with Gasteiger partial charge < -0.3 is 24.1 Å². The monoisotopic (exact) mass is 596 g/mol. The maximum Gasteiger partial charge on any atom is 0.241 e. The lowest BCUT2D eigenvalue weighted by atomic mass is 10.1. The maximum atomic E-state index is 13.1. The number of nitriles is 1. The van der Waals surface area contributed by atoms with Gasteiger partial charge in [-0.1, -0.05) is 11.6 Å². The number of benzene rings is 2. The Labute approximate surface area is 243 Å². The largest absolute Gasteiger partial charge is 0.493 e. The molecular formula is C28H29ClN6O5S. The molecule has 0 spiro atoms. The number of imidazole rings is 1. The van der Waals surface area contributed by atoms with Crippen LogP contribution in [-0.4, -0.2) is 74.4 Å². The molecule has 214 valence electrons. The van der Waals surface area contributed by atoms with E-state index < -0.39 is 9.84 Å². The average molecular weight is 597 g/mol. The van der Waals surface area contributed by atoms with Gasteiger partial charge in [0.05, 0.1) is 53.6 Å². The minimum absolute atomic E-state index is 0.0141. The van der Waals surface area contributed by atoms with E-state index in [4.69, 9.17) is 25.8 Å². The van der Waals surface area contributed by atoms with Gasteiger partial charge in [-0.3, -0.25) is 9.88 Å². The van der Waals surface area contributed by atoms with Crippen LogP contribution in [0.25, 0.3) is 10.9 Å². The van der Waals surface area contributed by atoms with E-state index in [-0.39, 0.29) is 15.1 Å². The highest BCUT2D eigenvalue weighted by Gasteiger charge is 2.25. The molecule has 1 saturated heterocycles. The number of anilines is 2. The predicted molar refractivity (Wildman–Crippen MR) is 154 cm³/mol. The van der Waals surface area contributed by atoms with Crippen LogP contribution in [0.4, 0.5) is 11.4 Å². The number of fused-ring (bicyclic) bond motifs is 1.